The minimum atomic E-state index is -4.84. The smallest absolute Gasteiger partial charge is 0.352 e. The molecule has 0 spiro atoms. The molecule has 0 unspecified atom stereocenters. The number of nitrogens with zero attached hydrogens (tertiary/aromatic N) is 6. The molecule has 1 N–H and O–H groups in total. The first-order valence-corrected chi connectivity index (χ1v) is 10.8. The Hall–Kier alpha value is -4.22. The molecular weight excluding hydrogens is 463 g/mol. The van der Waals surface area contributed by atoms with E-state index in [0.717, 1.165) is 6.07 Å². The number of halogens is 3. The monoisotopic (exact) mass is 483 g/mol. The largest absolute Gasteiger partial charge is 0.431 e. The predicted octanol–water partition coefficient (Wildman–Crippen LogP) is 2.82. The second-order valence-electron chi connectivity index (χ2n) is 8.21. The van der Waals surface area contributed by atoms with Crippen LogP contribution in [0.4, 0.5) is 19.0 Å². The maximum atomic E-state index is 14.4. The predicted molar refractivity (Wildman–Crippen MR) is 124 cm³/mol. The summed E-state index contributed by atoms with van der Waals surface area (Å²) in [5.41, 5.74) is -1.11. The quantitative estimate of drug-likeness (QED) is 0.450. The van der Waals surface area contributed by atoms with Crippen LogP contribution in [0.15, 0.2) is 48.2 Å². The lowest BCUT2D eigenvalue weighted by Crippen LogP contribution is -2.48. The van der Waals surface area contributed by atoms with Crippen LogP contribution in [0.25, 0.3) is 27.5 Å². The molecule has 1 fully saturated rings. The summed E-state index contributed by atoms with van der Waals surface area (Å²) in [5.74, 6) is -0.00285. The zero-order valence-electron chi connectivity index (χ0n) is 18.6. The summed E-state index contributed by atoms with van der Waals surface area (Å²) < 4.78 is 43.7. The number of aromatic nitrogens is 5. The number of carbonyl (C=O) groups excluding carboxylic acids is 1. The van der Waals surface area contributed by atoms with E-state index < -0.39 is 17.4 Å². The van der Waals surface area contributed by atoms with Crippen molar-refractivity contribution in [2.45, 2.75) is 13.1 Å². The van der Waals surface area contributed by atoms with E-state index in [-0.39, 0.29) is 28.3 Å². The van der Waals surface area contributed by atoms with Gasteiger partial charge in [-0.05, 0) is 30.7 Å². The number of alkyl halides is 3. The van der Waals surface area contributed by atoms with Gasteiger partial charge in [0.15, 0.2) is 0 Å². The van der Waals surface area contributed by atoms with Crippen molar-refractivity contribution in [2.75, 3.05) is 31.1 Å². The average Bonchev–Trinajstić information content (AvgIpc) is 3.32. The molecule has 0 radical (unpaired) electrons. The molecule has 12 heteroatoms. The molecule has 0 atom stereocenters. The number of carbonyl (C=O) groups is 1. The lowest BCUT2D eigenvalue weighted by Gasteiger charge is -2.35. The van der Waals surface area contributed by atoms with Crippen molar-refractivity contribution in [3.63, 3.8) is 0 Å². The third kappa shape index (κ3) is 3.70. The highest BCUT2D eigenvalue weighted by Gasteiger charge is 2.37. The van der Waals surface area contributed by atoms with Crippen molar-refractivity contribution in [3.05, 3.63) is 65.0 Å². The van der Waals surface area contributed by atoms with Crippen LogP contribution < -0.4 is 10.5 Å². The maximum Gasteiger partial charge on any atom is 0.431 e. The molecule has 1 saturated heterocycles. The topological polar surface area (TPSA) is 100 Å². The molecule has 9 nitrogen and oxygen atoms in total. The molecule has 5 rings (SSSR count). The number of anilines is 1. The van der Waals surface area contributed by atoms with Gasteiger partial charge in [0.2, 0.25) is 5.91 Å². The lowest BCUT2D eigenvalue weighted by atomic mass is 10.1. The number of piperazine rings is 1. The Balaban J connectivity index is 1.72. The lowest BCUT2D eigenvalue weighted by molar-refractivity contribution is -0.142. The van der Waals surface area contributed by atoms with Gasteiger partial charge in [0.05, 0.1) is 22.8 Å². The number of fused-ring (bicyclic) bond motifs is 2. The van der Waals surface area contributed by atoms with E-state index in [9.17, 15) is 22.8 Å². The average molecular weight is 483 g/mol. The van der Waals surface area contributed by atoms with Crippen molar-refractivity contribution in [2.24, 2.45) is 0 Å². The van der Waals surface area contributed by atoms with E-state index in [1.54, 1.807) is 28.9 Å². The van der Waals surface area contributed by atoms with Gasteiger partial charge in [0.1, 0.15) is 23.4 Å². The van der Waals surface area contributed by atoms with Gasteiger partial charge >= 0.3 is 6.18 Å². The van der Waals surface area contributed by atoms with E-state index in [4.69, 9.17) is 0 Å². The minimum absolute atomic E-state index is 0.00148. The molecule has 180 valence electrons. The highest BCUT2D eigenvalue weighted by Crippen LogP contribution is 2.36. The summed E-state index contributed by atoms with van der Waals surface area (Å²) in [7, 11) is 0. The van der Waals surface area contributed by atoms with Crippen LogP contribution in [0.3, 0.4) is 0 Å². The molecule has 1 amide bonds. The molecule has 1 aromatic carbocycles. The highest BCUT2D eigenvalue weighted by molar-refractivity contribution is 5.92. The van der Waals surface area contributed by atoms with Crippen molar-refractivity contribution < 1.29 is 18.0 Å². The first-order valence-electron chi connectivity index (χ1n) is 10.8. The summed E-state index contributed by atoms with van der Waals surface area (Å²) in [4.78, 5) is 37.1. The third-order valence-corrected chi connectivity index (χ3v) is 6.17. The van der Waals surface area contributed by atoms with Crippen molar-refractivity contribution >= 4 is 33.5 Å². The fourth-order valence-electron chi connectivity index (χ4n) is 4.46. The Kier molecular flexibility index (Phi) is 5.30. The molecule has 4 aromatic rings. The summed E-state index contributed by atoms with van der Waals surface area (Å²) in [6.45, 7) is 6.48. The summed E-state index contributed by atoms with van der Waals surface area (Å²) >= 11 is 0. The van der Waals surface area contributed by atoms with Gasteiger partial charge in [-0.25, -0.2) is 9.97 Å². The van der Waals surface area contributed by atoms with Crippen LogP contribution in [0, 0.1) is 6.92 Å². The molecule has 1 aliphatic rings. The van der Waals surface area contributed by atoms with E-state index in [1.807, 2.05) is 0 Å². The van der Waals surface area contributed by atoms with Crippen molar-refractivity contribution in [3.8, 4) is 5.69 Å². The van der Waals surface area contributed by atoms with Crippen LogP contribution in [0.5, 0.6) is 0 Å². The SMILES string of the molecule is C=CC(=O)N1CCN(c2ncnc3c(=O)n(-c4c(C)ccc5[nH]ncc45)c(C(F)(F)F)cc23)CC1. The van der Waals surface area contributed by atoms with E-state index in [0.29, 0.717) is 47.2 Å². The van der Waals surface area contributed by atoms with E-state index >= 15 is 0 Å². The molecule has 1 aliphatic heterocycles. The Bertz CT molecular complexity index is 1530. The standard InChI is InChI=1S/C23H20F3N7O2/c1-3-18(34)31-6-8-32(9-7-31)21-14-10-17(23(24,25)26)33(22(35)19(14)27-12-28-21)20-13(2)4-5-16-15(20)11-29-30-16/h3-5,10-12H,1,6-9H2,2H3,(H,29,30). The molecule has 3 aromatic heterocycles. The summed E-state index contributed by atoms with van der Waals surface area (Å²) in [6.07, 6.45) is -1.06. The fraction of sp³-hybridized carbons (Fsp3) is 0.261. The first-order chi connectivity index (χ1) is 16.7. The number of benzene rings is 1. The Morgan fingerprint density at radius 2 is 1.89 bits per heavy atom. The van der Waals surface area contributed by atoms with Gasteiger partial charge in [-0.15, -0.1) is 0 Å². The van der Waals surface area contributed by atoms with Crippen LogP contribution in [0.2, 0.25) is 0 Å². The Labute approximate surface area is 196 Å². The maximum absolute atomic E-state index is 14.4. The zero-order chi connectivity index (χ0) is 24.9. The minimum Gasteiger partial charge on any atom is -0.352 e. The molecule has 35 heavy (non-hydrogen) atoms. The Morgan fingerprint density at radius 1 is 1.14 bits per heavy atom. The van der Waals surface area contributed by atoms with Crippen LogP contribution in [-0.2, 0) is 11.0 Å². The van der Waals surface area contributed by atoms with Gasteiger partial charge in [-0.1, -0.05) is 12.6 Å². The second kappa shape index (κ2) is 8.22. The molecule has 0 saturated carbocycles. The number of hydrogen-bond donors (Lipinski definition) is 1. The van der Waals surface area contributed by atoms with Gasteiger partial charge < -0.3 is 9.80 Å². The number of hydrogen-bond acceptors (Lipinski definition) is 6. The number of amides is 1. The van der Waals surface area contributed by atoms with Gasteiger partial charge in [-0.2, -0.15) is 18.3 Å². The van der Waals surface area contributed by atoms with E-state index in [1.165, 1.54) is 18.6 Å². The van der Waals surface area contributed by atoms with Crippen molar-refractivity contribution in [1.82, 2.24) is 29.6 Å². The molecule has 0 bridgehead atoms. The molecule has 0 aliphatic carbocycles. The zero-order valence-corrected chi connectivity index (χ0v) is 18.6. The van der Waals surface area contributed by atoms with E-state index in [2.05, 4.69) is 26.7 Å². The second-order valence-corrected chi connectivity index (χ2v) is 8.21. The van der Waals surface area contributed by atoms with Crippen molar-refractivity contribution in [1.29, 1.82) is 0 Å². The van der Waals surface area contributed by atoms with Crippen LogP contribution >= 0.6 is 0 Å². The van der Waals surface area contributed by atoms with Crippen LogP contribution in [0.1, 0.15) is 11.3 Å². The number of nitrogens with one attached hydrogen (secondary N) is 1. The first kappa shape index (κ1) is 22.6. The number of pyridine rings is 1. The molecular formula is C23H20F3N7O2. The fourth-order valence-corrected chi connectivity index (χ4v) is 4.46. The highest BCUT2D eigenvalue weighted by atomic mass is 19.4. The number of aromatic amines is 1. The Morgan fingerprint density at radius 3 is 2.57 bits per heavy atom. The van der Waals surface area contributed by atoms with Crippen LogP contribution in [-0.4, -0.2) is 61.7 Å². The number of aryl methyl sites for hydroxylation is 1. The summed E-state index contributed by atoms with van der Waals surface area (Å²) in [6, 6.07) is 4.24. The molecule has 4 heterocycles. The normalized spacial score (nSPS) is 14.6. The third-order valence-electron chi connectivity index (χ3n) is 6.17. The van der Waals surface area contributed by atoms with Gasteiger partial charge in [0.25, 0.3) is 5.56 Å². The summed E-state index contributed by atoms with van der Waals surface area (Å²) in [5, 5.41) is 7.04. The van der Waals surface area contributed by atoms with Gasteiger partial charge in [0, 0.05) is 31.6 Å². The van der Waals surface area contributed by atoms with Gasteiger partial charge in [-0.3, -0.25) is 19.3 Å². The number of rotatable bonds is 3. The number of H-pyrrole nitrogens is 1.